The molecule has 3 aromatic rings. The van der Waals surface area contributed by atoms with Crippen molar-refractivity contribution in [1.29, 1.82) is 0 Å². The zero-order valence-electron chi connectivity index (χ0n) is 19.1. The molecule has 1 N–H and O–H groups in total. The molecule has 4 rings (SSSR count). The summed E-state index contributed by atoms with van der Waals surface area (Å²) >= 11 is 0. The summed E-state index contributed by atoms with van der Waals surface area (Å²) in [5.74, 6) is 0.242. The van der Waals surface area contributed by atoms with E-state index in [2.05, 4.69) is 5.32 Å². The standard InChI is InChI=1S/C26H25FN2O5/c1-32-22-11-17(12-23(33-2)25(22)34-3)21(14-24(30)28-19-9-6-8-18(27)13-19)29-15-16-7-4-5-10-20(16)26(29)31/h4-13,21H,14-15H2,1-3H3,(H,28,30)/t21-/m0/s1. The summed E-state index contributed by atoms with van der Waals surface area (Å²) < 4.78 is 30.0. The highest BCUT2D eigenvalue weighted by Crippen LogP contribution is 2.43. The Morgan fingerprint density at radius 3 is 2.32 bits per heavy atom. The van der Waals surface area contributed by atoms with E-state index >= 15 is 0 Å². The van der Waals surface area contributed by atoms with Crippen LogP contribution in [0.5, 0.6) is 17.2 Å². The van der Waals surface area contributed by atoms with E-state index < -0.39 is 11.9 Å². The fourth-order valence-corrected chi connectivity index (χ4v) is 4.18. The van der Waals surface area contributed by atoms with Gasteiger partial charge in [-0.1, -0.05) is 24.3 Å². The lowest BCUT2D eigenvalue weighted by atomic mass is 10.00. The van der Waals surface area contributed by atoms with E-state index in [9.17, 15) is 14.0 Å². The van der Waals surface area contributed by atoms with Gasteiger partial charge < -0.3 is 24.4 Å². The summed E-state index contributed by atoms with van der Waals surface area (Å²) in [6.07, 6.45) is -0.0606. The van der Waals surface area contributed by atoms with Crippen molar-refractivity contribution >= 4 is 17.5 Å². The molecule has 3 aromatic carbocycles. The maximum atomic E-state index is 13.6. The lowest BCUT2D eigenvalue weighted by molar-refractivity contribution is -0.117. The van der Waals surface area contributed by atoms with Crippen molar-refractivity contribution in [3.05, 3.63) is 83.2 Å². The third-order valence-electron chi connectivity index (χ3n) is 5.78. The normalized spacial score (nSPS) is 13.3. The maximum absolute atomic E-state index is 13.6. The molecule has 176 valence electrons. The summed E-state index contributed by atoms with van der Waals surface area (Å²) in [6, 6.07) is 15.8. The fourth-order valence-electron chi connectivity index (χ4n) is 4.18. The van der Waals surface area contributed by atoms with E-state index in [1.54, 1.807) is 29.2 Å². The molecule has 0 unspecified atom stereocenters. The Bertz CT molecular complexity index is 1200. The monoisotopic (exact) mass is 464 g/mol. The summed E-state index contributed by atoms with van der Waals surface area (Å²) in [6.45, 7) is 0.351. The van der Waals surface area contributed by atoms with Crippen LogP contribution in [0.4, 0.5) is 10.1 Å². The quantitative estimate of drug-likeness (QED) is 0.528. The first-order chi connectivity index (χ1) is 16.4. The average molecular weight is 464 g/mol. The second kappa shape index (κ2) is 9.82. The van der Waals surface area contributed by atoms with Gasteiger partial charge in [0, 0.05) is 17.8 Å². The van der Waals surface area contributed by atoms with E-state index in [1.807, 2.05) is 18.2 Å². The van der Waals surface area contributed by atoms with Crippen LogP contribution in [0, 0.1) is 5.82 Å². The van der Waals surface area contributed by atoms with Crippen LogP contribution < -0.4 is 19.5 Å². The van der Waals surface area contributed by atoms with Gasteiger partial charge in [0.1, 0.15) is 5.82 Å². The summed E-state index contributed by atoms with van der Waals surface area (Å²) in [4.78, 5) is 28.0. The number of ether oxygens (including phenoxy) is 3. The summed E-state index contributed by atoms with van der Waals surface area (Å²) in [5.41, 5.74) is 2.47. The summed E-state index contributed by atoms with van der Waals surface area (Å²) in [5, 5.41) is 2.72. The largest absolute Gasteiger partial charge is 0.493 e. The number of rotatable bonds is 8. The van der Waals surface area contributed by atoms with Gasteiger partial charge in [-0.05, 0) is 47.5 Å². The number of anilines is 1. The highest BCUT2D eigenvalue weighted by molar-refractivity contribution is 5.99. The van der Waals surface area contributed by atoms with Crippen molar-refractivity contribution in [2.45, 2.75) is 19.0 Å². The molecule has 0 fully saturated rings. The van der Waals surface area contributed by atoms with Crippen molar-refractivity contribution < 1.29 is 28.2 Å². The number of halogens is 1. The van der Waals surface area contributed by atoms with Crippen LogP contribution in [0.3, 0.4) is 0 Å². The number of hydrogen-bond acceptors (Lipinski definition) is 5. The van der Waals surface area contributed by atoms with Crippen LogP contribution in [-0.2, 0) is 11.3 Å². The molecule has 1 aliphatic rings. The van der Waals surface area contributed by atoms with Crippen LogP contribution >= 0.6 is 0 Å². The Morgan fingerprint density at radius 1 is 1.00 bits per heavy atom. The first kappa shape index (κ1) is 23.1. The summed E-state index contributed by atoms with van der Waals surface area (Å²) in [7, 11) is 4.51. The Morgan fingerprint density at radius 2 is 1.71 bits per heavy atom. The van der Waals surface area contributed by atoms with Crippen LogP contribution in [0.2, 0.25) is 0 Å². The number of carbonyl (C=O) groups is 2. The third kappa shape index (κ3) is 4.52. The van der Waals surface area contributed by atoms with Crippen LogP contribution in [0.1, 0.15) is 33.9 Å². The minimum Gasteiger partial charge on any atom is -0.493 e. The van der Waals surface area contributed by atoms with Crippen molar-refractivity contribution in [2.24, 2.45) is 0 Å². The number of benzene rings is 3. The van der Waals surface area contributed by atoms with Gasteiger partial charge in [0.2, 0.25) is 11.7 Å². The second-order valence-electron chi connectivity index (χ2n) is 7.83. The van der Waals surface area contributed by atoms with Crippen molar-refractivity contribution in [1.82, 2.24) is 4.90 Å². The lowest BCUT2D eigenvalue weighted by Crippen LogP contribution is -2.32. The van der Waals surface area contributed by atoms with Gasteiger partial charge in [0.05, 0.1) is 33.8 Å². The Kier molecular flexibility index (Phi) is 6.67. The van der Waals surface area contributed by atoms with Gasteiger partial charge in [0.15, 0.2) is 11.5 Å². The number of carbonyl (C=O) groups excluding carboxylic acids is 2. The molecular formula is C26H25FN2O5. The first-order valence-electron chi connectivity index (χ1n) is 10.7. The zero-order valence-corrected chi connectivity index (χ0v) is 19.1. The topological polar surface area (TPSA) is 77.1 Å². The molecule has 0 radical (unpaired) electrons. The zero-order chi connectivity index (χ0) is 24.2. The fraction of sp³-hybridized carbons (Fsp3) is 0.231. The Balaban J connectivity index is 1.72. The number of fused-ring (bicyclic) bond motifs is 1. The van der Waals surface area contributed by atoms with E-state index in [0.717, 1.165) is 5.56 Å². The second-order valence-corrected chi connectivity index (χ2v) is 7.83. The molecule has 34 heavy (non-hydrogen) atoms. The molecule has 0 spiro atoms. The molecule has 0 bridgehead atoms. The van der Waals surface area contributed by atoms with Crippen LogP contribution in [0.25, 0.3) is 0 Å². The first-order valence-corrected chi connectivity index (χ1v) is 10.7. The van der Waals surface area contributed by atoms with Crippen molar-refractivity contribution in [2.75, 3.05) is 26.6 Å². The molecular weight excluding hydrogens is 439 g/mol. The molecule has 1 atom stereocenters. The molecule has 1 heterocycles. The number of hydrogen-bond donors (Lipinski definition) is 1. The molecule has 8 heteroatoms. The predicted octanol–water partition coefficient (Wildman–Crippen LogP) is 4.58. The molecule has 0 saturated carbocycles. The molecule has 7 nitrogen and oxygen atoms in total. The molecule has 0 aliphatic carbocycles. The van der Waals surface area contributed by atoms with Gasteiger partial charge in [-0.2, -0.15) is 0 Å². The minimum absolute atomic E-state index is 0.0606. The maximum Gasteiger partial charge on any atom is 0.255 e. The van der Waals surface area contributed by atoms with E-state index in [0.29, 0.717) is 40.6 Å². The Labute approximate surface area is 197 Å². The van der Waals surface area contributed by atoms with Crippen LogP contribution in [-0.4, -0.2) is 38.0 Å². The highest BCUT2D eigenvalue weighted by atomic mass is 19.1. The van der Waals surface area contributed by atoms with Gasteiger partial charge in [-0.3, -0.25) is 9.59 Å². The van der Waals surface area contributed by atoms with Gasteiger partial charge in [-0.15, -0.1) is 0 Å². The number of nitrogens with one attached hydrogen (secondary N) is 1. The molecule has 2 amide bonds. The van der Waals surface area contributed by atoms with E-state index in [4.69, 9.17) is 14.2 Å². The minimum atomic E-state index is -0.637. The smallest absolute Gasteiger partial charge is 0.255 e. The van der Waals surface area contributed by atoms with E-state index in [-0.39, 0.29) is 18.2 Å². The predicted molar refractivity (Wildman–Crippen MR) is 125 cm³/mol. The number of methoxy groups -OCH3 is 3. The van der Waals surface area contributed by atoms with Gasteiger partial charge >= 0.3 is 0 Å². The lowest BCUT2D eigenvalue weighted by Gasteiger charge is -2.29. The third-order valence-corrected chi connectivity index (χ3v) is 5.78. The molecule has 1 aliphatic heterocycles. The van der Waals surface area contributed by atoms with Gasteiger partial charge in [-0.25, -0.2) is 4.39 Å². The molecule has 0 aromatic heterocycles. The molecule has 0 saturated heterocycles. The van der Waals surface area contributed by atoms with Gasteiger partial charge in [0.25, 0.3) is 5.91 Å². The average Bonchev–Trinajstić information content (AvgIpc) is 3.17. The van der Waals surface area contributed by atoms with Crippen molar-refractivity contribution in [3.63, 3.8) is 0 Å². The number of amides is 2. The SMILES string of the molecule is COc1cc([C@H](CC(=O)Nc2cccc(F)c2)N2Cc3ccccc3C2=O)cc(OC)c1OC. The number of nitrogens with zero attached hydrogens (tertiary/aromatic N) is 1. The van der Waals surface area contributed by atoms with Crippen molar-refractivity contribution in [3.8, 4) is 17.2 Å². The van der Waals surface area contributed by atoms with E-state index in [1.165, 1.54) is 39.5 Å². The Hall–Kier alpha value is -4.07. The highest BCUT2D eigenvalue weighted by Gasteiger charge is 2.35. The van der Waals surface area contributed by atoms with Crippen LogP contribution in [0.15, 0.2) is 60.7 Å².